The third-order valence-electron chi connectivity index (χ3n) is 6.99. The molecule has 0 saturated heterocycles. The number of aryl methyl sites for hydroxylation is 2. The smallest absolute Gasteiger partial charge is 0.353 e. The van der Waals surface area contributed by atoms with Crippen LogP contribution in [0.15, 0.2) is 112 Å². The number of hydrogen-bond donors (Lipinski definition) is 2. The summed E-state index contributed by atoms with van der Waals surface area (Å²) >= 11 is 1.30. The number of carbonyl (C=O) groups excluding carboxylic acids is 1. The molecule has 204 valence electrons. The molecule has 0 aliphatic carbocycles. The highest BCUT2D eigenvalue weighted by atomic mass is 32.1. The van der Waals surface area contributed by atoms with E-state index in [1.165, 1.54) is 20.7 Å². The quantitative estimate of drug-likeness (QED) is 0.192. The molecule has 6 aromatic rings. The Balaban J connectivity index is 1.49. The minimum absolute atomic E-state index is 0.252. The summed E-state index contributed by atoms with van der Waals surface area (Å²) in [5.41, 5.74) is 3.78. The first-order valence-electron chi connectivity index (χ1n) is 13.0. The summed E-state index contributed by atoms with van der Waals surface area (Å²) in [7, 11) is 0. The van der Waals surface area contributed by atoms with Crippen molar-refractivity contribution in [2.75, 3.05) is 0 Å². The van der Waals surface area contributed by atoms with Crippen LogP contribution in [-0.2, 0) is 0 Å². The standard InChI is InChI=1S/C32H26N4O4S/c1-20-27(30(37)35(33-20)23-10-5-3-6-11-23)29(28-21(2)34-36(31(28)38)24-12-7-4-8-13-24)22-15-17-25(18-16-22)40-32(39)26-14-9-19-41-26/h3-19,29,33-34H,1-2H3. The van der Waals surface area contributed by atoms with Crippen LogP contribution in [-0.4, -0.2) is 25.5 Å². The SMILES string of the molecule is Cc1[nH]n(-c2ccccc2)c(=O)c1C(c1ccc(OC(=O)c2cccs2)cc1)c1c(C)[nH]n(-c2ccccc2)c1=O. The molecule has 0 saturated carbocycles. The molecule has 9 heteroatoms. The molecule has 0 bridgehead atoms. The number of rotatable bonds is 7. The molecule has 41 heavy (non-hydrogen) atoms. The number of H-pyrrole nitrogens is 2. The van der Waals surface area contributed by atoms with E-state index in [0.717, 1.165) is 0 Å². The Morgan fingerprint density at radius 1 is 0.707 bits per heavy atom. The van der Waals surface area contributed by atoms with Crippen molar-refractivity contribution in [3.63, 3.8) is 0 Å². The summed E-state index contributed by atoms with van der Waals surface area (Å²) in [5, 5.41) is 8.21. The summed E-state index contributed by atoms with van der Waals surface area (Å²) < 4.78 is 8.54. The Hall–Kier alpha value is -5.15. The van der Waals surface area contributed by atoms with Crippen molar-refractivity contribution >= 4 is 17.3 Å². The zero-order valence-corrected chi connectivity index (χ0v) is 23.1. The van der Waals surface area contributed by atoms with Crippen LogP contribution in [0, 0.1) is 13.8 Å². The third kappa shape index (κ3) is 4.87. The largest absolute Gasteiger partial charge is 0.422 e. The molecular weight excluding hydrogens is 536 g/mol. The molecule has 0 radical (unpaired) electrons. The lowest BCUT2D eigenvalue weighted by Crippen LogP contribution is -2.25. The fraction of sp³-hybridized carbons (Fsp3) is 0.0938. The van der Waals surface area contributed by atoms with E-state index in [1.54, 1.807) is 36.4 Å². The highest BCUT2D eigenvalue weighted by Crippen LogP contribution is 2.33. The number of para-hydroxylation sites is 2. The van der Waals surface area contributed by atoms with Crippen LogP contribution in [0.3, 0.4) is 0 Å². The monoisotopic (exact) mass is 562 g/mol. The molecule has 2 N–H and O–H groups in total. The van der Waals surface area contributed by atoms with Gasteiger partial charge in [-0.05, 0) is 67.3 Å². The Kier molecular flexibility index (Phi) is 6.86. The number of aromatic nitrogens is 4. The second kappa shape index (κ2) is 10.8. The molecule has 0 aliphatic heterocycles. The van der Waals surface area contributed by atoms with Crippen molar-refractivity contribution in [2.24, 2.45) is 0 Å². The van der Waals surface area contributed by atoms with Gasteiger partial charge >= 0.3 is 5.97 Å². The van der Waals surface area contributed by atoms with Crippen LogP contribution in [0.25, 0.3) is 11.4 Å². The zero-order valence-electron chi connectivity index (χ0n) is 22.3. The lowest BCUT2D eigenvalue weighted by Gasteiger charge is -2.16. The number of nitrogens with zero attached hydrogens (tertiary/aromatic N) is 2. The summed E-state index contributed by atoms with van der Waals surface area (Å²) in [6.45, 7) is 3.66. The van der Waals surface area contributed by atoms with Crippen molar-refractivity contribution in [1.82, 2.24) is 19.6 Å². The van der Waals surface area contributed by atoms with Gasteiger partial charge in [0.2, 0.25) is 0 Å². The van der Waals surface area contributed by atoms with Crippen LogP contribution < -0.4 is 15.9 Å². The molecule has 0 atom stereocenters. The van der Waals surface area contributed by atoms with Crippen molar-refractivity contribution in [1.29, 1.82) is 0 Å². The molecule has 0 aliphatic rings. The van der Waals surface area contributed by atoms with Gasteiger partial charge in [0, 0.05) is 17.3 Å². The molecule has 3 aromatic carbocycles. The number of thiophene rings is 1. The number of hydrogen-bond acceptors (Lipinski definition) is 5. The normalized spacial score (nSPS) is 11.2. The number of esters is 1. The third-order valence-corrected chi connectivity index (χ3v) is 7.84. The molecule has 0 unspecified atom stereocenters. The van der Waals surface area contributed by atoms with E-state index in [2.05, 4.69) is 10.2 Å². The van der Waals surface area contributed by atoms with Gasteiger partial charge < -0.3 is 4.74 Å². The summed E-state index contributed by atoms with van der Waals surface area (Å²) in [6, 6.07) is 29.0. The highest BCUT2D eigenvalue weighted by molar-refractivity contribution is 7.12. The average molecular weight is 563 g/mol. The maximum atomic E-state index is 14.0. The number of ether oxygens (including phenoxy) is 1. The molecule has 0 amide bonds. The maximum absolute atomic E-state index is 14.0. The predicted molar refractivity (Wildman–Crippen MR) is 159 cm³/mol. The first kappa shape index (κ1) is 26.1. The van der Waals surface area contributed by atoms with E-state index in [-0.39, 0.29) is 11.1 Å². The second-order valence-electron chi connectivity index (χ2n) is 9.62. The van der Waals surface area contributed by atoms with E-state index in [0.29, 0.717) is 50.1 Å². The summed E-state index contributed by atoms with van der Waals surface area (Å²) in [5.74, 6) is -0.769. The van der Waals surface area contributed by atoms with Gasteiger partial charge in [0.05, 0.1) is 22.5 Å². The molecule has 0 fully saturated rings. The van der Waals surface area contributed by atoms with Gasteiger partial charge in [0.1, 0.15) is 10.6 Å². The Morgan fingerprint density at radius 3 is 1.68 bits per heavy atom. The fourth-order valence-corrected chi connectivity index (χ4v) is 5.67. The minimum Gasteiger partial charge on any atom is -0.422 e. The molecule has 8 nitrogen and oxygen atoms in total. The van der Waals surface area contributed by atoms with Gasteiger partial charge in [-0.3, -0.25) is 19.8 Å². The molecule has 0 spiro atoms. The number of benzene rings is 3. The number of aromatic amines is 2. The zero-order chi connectivity index (χ0) is 28.5. The van der Waals surface area contributed by atoms with Crippen LogP contribution >= 0.6 is 11.3 Å². The molecule has 3 heterocycles. The van der Waals surface area contributed by atoms with Crippen molar-refractivity contribution in [2.45, 2.75) is 19.8 Å². The van der Waals surface area contributed by atoms with E-state index < -0.39 is 11.9 Å². The van der Waals surface area contributed by atoms with E-state index >= 15 is 0 Å². The summed E-state index contributed by atoms with van der Waals surface area (Å²) in [4.78, 5) is 40.9. The molecular formula is C32H26N4O4S. The van der Waals surface area contributed by atoms with Gasteiger partial charge in [-0.25, -0.2) is 14.2 Å². The maximum Gasteiger partial charge on any atom is 0.353 e. The van der Waals surface area contributed by atoms with E-state index in [4.69, 9.17) is 4.74 Å². The van der Waals surface area contributed by atoms with Gasteiger partial charge in [-0.15, -0.1) is 11.3 Å². The van der Waals surface area contributed by atoms with Crippen molar-refractivity contribution < 1.29 is 9.53 Å². The number of carbonyl (C=O) groups is 1. The van der Waals surface area contributed by atoms with E-state index in [9.17, 15) is 14.4 Å². The second-order valence-corrected chi connectivity index (χ2v) is 10.6. The van der Waals surface area contributed by atoms with Crippen LogP contribution in [0.4, 0.5) is 0 Å². The summed E-state index contributed by atoms with van der Waals surface area (Å²) in [6.07, 6.45) is 0. The first-order valence-corrected chi connectivity index (χ1v) is 13.9. The van der Waals surface area contributed by atoms with Gasteiger partial charge in [-0.2, -0.15) is 0 Å². The average Bonchev–Trinajstić information content (AvgIpc) is 3.71. The van der Waals surface area contributed by atoms with Gasteiger partial charge in [-0.1, -0.05) is 54.6 Å². The highest BCUT2D eigenvalue weighted by Gasteiger charge is 2.31. The Morgan fingerprint density at radius 2 is 1.22 bits per heavy atom. The van der Waals surface area contributed by atoms with Crippen LogP contribution in [0.2, 0.25) is 0 Å². The van der Waals surface area contributed by atoms with E-state index in [1.807, 2.05) is 79.9 Å². The van der Waals surface area contributed by atoms with Gasteiger partial charge in [0.25, 0.3) is 11.1 Å². The molecule has 3 aromatic heterocycles. The Bertz CT molecular complexity index is 1830. The van der Waals surface area contributed by atoms with Crippen LogP contribution in [0.1, 0.15) is 43.7 Å². The lowest BCUT2D eigenvalue weighted by molar-refractivity contribution is 0.0740. The van der Waals surface area contributed by atoms with Crippen molar-refractivity contribution in [3.8, 4) is 17.1 Å². The van der Waals surface area contributed by atoms with Gasteiger partial charge in [0.15, 0.2) is 0 Å². The first-order chi connectivity index (χ1) is 19.9. The topological polar surface area (TPSA) is 102 Å². The fourth-order valence-electron chi connectivity index (χ4n) is 5.07. The van der Waals surface area contributed by atoms with Crippen LogP contribution in [0.5, 0.6) is 5.75 Å². The lowest BCUT2D eigenvalue weighted by atomic mass is 9.85. The minimum atomic E-state index is -0.695. The van der Waals surface area contributed by atoms with Crippen molar-refractivity contribution in [3.05, 3.63) is 156 Å². The number of nitrogens with one attached hydrogen (secondary N) is 2. The Labute approximate surface area is 239 Å². The molecule has 6 rings (SSSR count). The predicted octanol–water partition coefficient (Wildman–Crippen LogP) is 5.72.